The largest absolute Gasteiger partial charge is 0.466 e. The second kappa shape index (κ2) is 9.42. The average molecular weight is 508 g/mol. The number of rotatable bonds is 6. The molecule has 3 heterocycles. The van der Waals surface area contributed by atoms with Crippen molar-refractivity contribution in [3.8, 4) is 0 Å². The van der Waals surface area contributed by atoms with Crippen LogP contribution in [0.15, 0.2) is 52.1 Å². The molecule has 0 bridgehead atoms. The van der Waals surface area contributed by atoms with Gasteiger partial charge in [-0.1, -0.05) is 12.1 Å². The Hall–Kier alpha value is -3.25. The van der Waals surface area contributed by atoms with E-state index < -0.39 is 48.2 Å². The number of amides is 1. The summed E-state index contributed by atoms with van der Waals surface area (Å²) in [5.74, 6) is -4.51. The summed E-state index contributed by atoms with van der Waals surface area (Å²) in [7, 11) is 2.59. The van der Waals surface area contributed by atoms with Gasteiger partial charge in [0.25, 0.3) is 5.92 Å². The topological polar surface area (TPSA) is 95.9 Å². The molecular weight excluding hydrogens is 483 g/mol. The van der Waals surface area contributed by atoms with Crippen LogP contribution in [0.1, 0.15) is 23.9 Å². The lowest BCUT2D eigenvalue weighted by Gasteiger charge is -2.36. The number of carbonyl (C=O) groups excluding carboxylic acids is 2. The van der Waals surface area contributed by atoms with Crippen molar-refractivity contribution in [3.63, 3.8) is 0 Å². The lowest BCUT2D eigenvalue weighted by Crippen LogP contribution is -2.48. The van der Waals surface area contributed by atoms with Gasteiger partial charge in [-0.2, -0.15) is 0 Å². The van der Waals surface area contributed by atoms with Crippen LogP contribution in [0.2, 0.25) is 0 Å². The Balaban J connectivity index is 1.86. The molecule has 0 aliphatic carbocycles. The molecule has 35 heavy (non-hydrogen) atoms. The number of methoxy groups -OCH3 is 1. The van der Waals surface area contributed by atoms with Crippen molar-refractivity contribution in [3.05, 3.63) is 63.5 Å². The van der Waals surface area contributed by atoms with Gasteiger partial charge in [-0.25, -0.2) is 27.9 Å². The van der Waals surface area contributed by atoms with Crippen LogP contribution in [0.3, 0.4) is 0 Å². The number of esters is 1. The molecule has 0 spiro atoms. The molecule has 0 saturated carbocycles. The number of likely N-dealkylation sites (N-methyl/N-ethyl adjacent to an activating group) is 1. The average Bonchev–Trinajstić information content (AvgIpc) is 3.46. The van der Waals surface area contributed by atoms with Crippen LogP contribution >= 0.6 is 11.3 Å². The molecule has 186 valence electrons. The molecular formula is C23H24F3N5O3S. The molecule has 1 aromatic heterocycles. The highest BCUT2D eigenvalue weighted by Gasteiger charge is 2.49. The molecule has 4 rings (SSSR count). The first-order valence-electron chi connectivity index (χ1n) is 10.8. The lowest BCUT2D eigenvalue weighted by atomic mass is 9.82. The van der Waals surface area contributed by atoms with Crippen molar-refractivity contribution < 1.29 is 27.5 Å². The Morgan fingerprint density at radius 2 is 2.03 bits per heavy atom. The van der Waals surface area contributed by atoms with Gasteiger partial charge in [0.2, 0.25) is 5.91 Å². The number of thiazole rings is 1. The van der Waals surface area contributed by atoms with E-state index in [1.54, 1.807) is 18.5 Å². The second-order valence-corrected chi connectivity index (χ2v) is 9.34. The van der Waals surface area contributed by atoms with Crippen LogP contribution in [0.25, 0.3) is 0 Å². The van der Waals surface area contributed by atoms with Crippen LogP contribution in [0, 0.1) is 5.82 Å². The van der Waals surface area contributed by atoms with Gasteiger partial charge in [-0.3, -0.25) is 9.69 Å². The Morgan fingerprint density at radius 3 is 2.63 bits per heavy atom. The Morgan fingerprint density at radius 1 is 1.31 bits per heavy atom. The van der Waals surface area contributed by atoms with Crippen molar-refractivity contribution in [1.82, 2.24) is 20.5 Å². The molecule has 2 aromatic rings. The van der Waals surface area contributed by atoms with Crippen LogP contribution in [0.5, 0.6) is 0 Å². The fraction of sp³-hybridized carbons (Fsp3) is 0.391. The summed E-state index contributed by atoms with van der Waals surface area (Å²) in [5.41, 5.74) is -0.553. The maximum absolute atomic E-state index is 14.4. The number of likely N-dealkylation sites (tertiary alicyclic amines) is 1. The van der Waals surface area contributed by atoms with E-state index in [-0.39, 0.29) is 17.8 Å². The zero-order valence-corrected chi connectivity index (χ0v) is 20.1. The first-order chi connectivity index (χ1) is 16.6. The minimum absolute atomic E-state index is 0.0674. The number of aromatic nitrogens is 1. The zero-order chi connectivity index (χ0) is 25.4. The molecule has 12 heteroatoms. The number of hydrogen-bond donors (Lipinski definition) is 2. The minimum Gasteiger partial charge on any atom is -0.466 e. The lowest BCUT2D eigenvalue weighted by molar-refractivity contribution is -0.137. The Bertz CT molecular complexity index is 1180. The van der Waals surface area contributed by atoms with E-state index in [1.165, 1.54) is 54.7 Å². The first kappa shape index (κ1) is 24.9. The van der Waals surface area contributed by atoms with Crippen molar-refractivity contribution in [2.75, 3.05) is 27.2 Å². The molecule has 8 nitrogen and oxygen atoms in total. The summed E-state index contributed by atoms with van der Waals surface area (Å²) in [6, 6.07) is 4.40. The number of amidine groups is 1. The van der Waals surface area contributed by atoms with Gasteiger partial charge in [0.15, 0.2) is 10.8 Å². The molecule has 1 saturated heterocycles. The van der Waals surface area contributed by atoms with Gasteiger partial charge in [0.05, 0.1) is 25.3 Å². The van der Waals surface area contributed by atoms with Gasteiger partial charge in [0.1, 0.15) is 11.4 Å². The molecule has 1 amide bonds. The third-order valence-electron chi connectivity index (χ3n) is 6.10. The molecule has 1 fully saturated rings. The molecule has 2 aliphatic heterocycles. The van der Waals surface area contributed by atoms with Gasteiger partial charge in [0, 0.05) is 37.3 Å². The van der Waals surface area contributed by atoms with Crippen molar-refractivity contribution >= 4 is 29.0 Å². The van der Waals surface area contributed by atoms with E-state index in [2.05, 4.69) is 15.6 Å². The van der Waals surface area contributed by atoms with Crippen LogP contribution in [0.4, 0.5) is 13.2 Å². The number of aliphatic imine (C=N–C) groups is 1. The zero-order valence-electron chi connectivity index (χ0n) is 19.3. The third-order valence-corrected chi connectivity index (χ3v) is 6.88. The number of nitrogens with one attached hydrogen (secondary N) is 2. The maximum Gasteiger partial charge on any atom is 0.338 e. The number of benzene rings is 1. The first-order valence-corrected chi connectivity index (χ1v) is 11.6. The summed E-state index contributed by atoms with van der Waals surface area (Å²) in [6.45, 7) is 0.816. The van der Waals surface area contributed by atoms with Gasteiger partial charge >= 0.3 is 5.97 Å². The van der Waals surface area contributed by atoms with Crippen LogP contribution < -0.4 is 10.6 Å². The molecule has 1 aromatic carbocycles. The predicted molar refractivity (Wildman–Crippen MR) is 124 cm³/mol. The number of carbonyl (C=O) groups is 2. The van der Waals surface area contributed by atoms with E-state index in [9.17, 15) is 22.8 Å². The monoisotopic (exact) mass is 507 g/mol. The van der Waals surface area contributed by atoms with Crippen LogP contribution in [-0.4, -0.2) is 66.8 Å². The van der Waals surface area contributed by atoms with E-state index in [1.807, 2.05) is 0 Å². The summed E-state index contributed by atoms with van der Waals surface area (Å²) in [5, 5.41) is 7.75. The second-order valence-electron chi connectivity index (χ2n) is 8.44. The van der Waals surface area contributed by atoms with Crippen LogP contribution in [-0.2, 0) is 19.9 Å². The van der Waals surface area contributed by atoms with Crippen molar-refractivity contribution in [1.29, 1.82) is 0 Å². The number of ether oxygens (including phenoxy) is 1. The SMILES string of the molecule is CNC(=O)[C@@H]1CC(F)(F)CN1CC1=C(C(=O)OC)[C@](C)(c2ccc(F)cc2)N=C(c2nccs2)N1. The van der Waals surface area contributed by atoms with E-state index >= 15 is 0 Å². The Kier molecular flexibility index (Phi) is 6.69. The number of hydrogen-bond acceptors (Lipinski definition) is 8. The van der Waals surface area contributed by atoms with E-state index in [0.717, 1.165) is 0 Å². The molecule has 2 aliphatic rings. The highest BCUT2D eigenvalue weighted by atomic mass is 32.1. The summed E-state index contributed by atoms with van der Waals surface area (Å²) < 4.78 is 47.5. The van der Waals surface area contributed by atoms with E-state index in [4.69, 9.17) is 9.73 Å². The number of alkyl halides is 2. The summed E-state index contributed by atoms with van der Waals surface area (Å²) in [6.07, 6.45) is 0.942. The highest BCUT2D eigenvalue weighted by molar-refractivity contribution is 7.11. The van der Waals surface area contributed by atoms with Gasteiger partial charge in [-0.05, 0) is 24.6 Å². The molecule has 0 radical (unpaired) electrons. The predicted octanol–water partition coefficient (Wildman–Crippen LogP) is 2.43. The van der Waals surface area contributed by atoms with E-state index in [0.29, 0.717) is 16.4 Å². The van der Waals surface area contributed by atoms with Crippen molar-refractivity contribution in [2.45, 2.75) is 30.8 Å². The summed E-state index contributed by atoms with van der Waals surface area (Å²) in [4.78, 5) is 35.8. The van der Waals surface area contributed by atoms with Gasteiger partial charge < -0.3 is 15.4 Å². The summed E-state index contributed by atoms with van der Waals surface area (Å²) >= 11 is 1.30. The normalized spacial score (nSPS) is 24.1. The molecule has 2 atom stereocenters. The minimum atomic E-state index is -3.08. The maximum atomic E-state index is 14.4. The molecule has 0 unspecified atom stereocenters. The number of halogens is 3. The standard InChI is InChI=1S/C23H24F3N5O3S/c1-22(13-4-6-14(24)7-5-13)17(21(33)34-3)15(29-18(30-22)20-28-8-9-35-20)11-31-12-23(25,26)10-16(31)19(32)27-2/h4-9,16H,10-12H2,1-3H3,(H,27,32)(H,29,30)/t16-,22-/m0/s1. The Labute approximate surface area is 203 Å². The smallest absolute Gasteiger partial charge is 0.338 e. The molecule has 2 N–H and O–H groups in total. The van der Waals surface area contributed by atoms with Gasteiger partial charge in [-0.15, -0.1) is 11.3 Å². The fourth-order valence-electron chi connectivity index (χ4n) is 4.45. The highest BCUT2D eigenvalue weighted by Crippen LogP contribution is 2.40. The van der Waals surface area contributed by atoms with Crippen molar-refractivity contribution in [2.24, 2.45) is 4.99 Å². The fourth-order valence-corrected chi connectivity index (χ4v) is 5.03. The quantitative estimate of drug-likeness (QED) is 0.584. The number of nitrogens with zero attached hydrogens (tertiary/aromatic N) is 3. The third kappa shape index (κ3) is 4.80.